The molecule has 1 fully saturated rings. The zero-order valence-corrected chi connectivity index (χ0v) is 12.6. The highest BCUT2D eigenvalue weighted by Gasteiger charge is 2.49. The minimum Gasteiger partial charge on any atom is -0.348 e. The number of hydrogen-bond acceptors (Lipinski definition) is 2. The number of alkyl halides is 2. The van der Waals surface area contributed by atoms with Crippen molar-refractivity contribution < 1.29 is 13.6 Å². The topological polar surface area (TPSA) is 32.3 Å². The van der Waals surface area contributed by atoms with Crippen LogP contribution in [0.25, 0.3) is 0 Å². The summed E-state index contributed by atoms with van der Waals surface area (Å²) < 4.78 is 25.2. The van der Waals surface area contributed by atoms with Crippen LogP contribution in [0.5, 0.6) is 0 Å². The van der Waals surface area contributed by atoms with Gasteiger partial charge in [0.1, 0.15) is 0 Å². The Balaban J connectivity index is 2.07. The van der Waals surface area contributed by atoms with E-state index in [-0.39, 0.29) is 11.9 Å². The van der Waals surface area contributed by atoms with Gasteiger partial charge in [-0.1, -0.05) is 24.3 Å². The molecule has 0 radical (unpaired) electrons. The number of carbonyl (C=O) groups is 1. The van der Waals surface area contributed by atoms with E-state index in [1.54, 1.807) is 0 Å². The first-order valence-corrected chi connectivity index (χ1v) is 7.19. The molecule has 3 atom stereocenters. The zero-order chi connectivity index (χ0) is 15.6. The van der Waals surface area contributed by atoms with Gasteiger partial charge in [0.05, 0.1) is 6.04 Å². The SMILES string of the molecule is Cc1ccccc1C(CN(C)C)NC(=O)[C@H]1C[C@@H]1C(F)F. The minimum atomic E-state index is -2.40. The van der Waals surface area contributed by atoms with E-state index in [1.165, 1.54) is 0 Å². The first-order chi connectivity index (χ1) is 9.90. The van der Waals surface area contributed by atoms with Crippen LogP contribution in [0.2, 0.25) is 0 Å². The van der Waals surface area contributed by atoms with Gasteiger partial charge in [-0.3, -0.25) is 4.79 Å². The highest BCUT2D eigenvalue weighted by molar-refractivity contribution is 5.82. The lowest BCUT2D eigenvalue weighted by Gasteiger charge is -2.24. The Bertz CT molecular complexity index is 505. The van der Waals surface area contributed by atoms with Gasteiger partial charge in [-0.2, -0.15) is 0 Å². The Labute approximate surface area is 124 Å². The maximum Gasteiger partial charge on any atom is 0.242 e. The zero-order valence-electron chi connectivity index (χ0n) is 12.6. The van der Waals surface area contributed by atoms with Crippen LogP contribution in [-0.2, 0) is 4.79 Å². The van der Waals surface area contributed by atoms with Crippen molar-refractivity contribution in [2.45, 2.75) is 25.8 Å². The molecule has 1 N–H and O–H groups in total. The van der Waals surface area contributed by atoms with Crippen molar-refractivity contribution in [2.24, 2.45) is 11.8 Å². The summed E-state index contributed by atoms with van der Waals surface area (Å²) in [7, 11) is 3.85. The molecule has 1 saturated carbocycles. The van der Waals surface area contributed by atoms with Gasteiger partial charge in [-0.05, 0) is 38.6 Å². The van der Waals surface area contributed by atoms with Gasteiger partial charge in [0.15, 0.2) is 0 Å². The van der Waals surface area contributed by atoms with Crippen LogP contribution in [0.1, 0.15) is 23.6 Å². The Kier molecular flexibility index (Phi) is 4.93. The molecule has 3 nitrogen and oxygen atoms in total. The normalized spacial score (nSPS) is 22.4. The van der Waals surface area contributed by atoms with Gasteiger partial charge in [-0.25, -0.2) is 8.78 Å². The summed E-state index contributed by atoms with van der Waals surface area (Å²) in [5, 5.41) is 2.94. The second-order valence-electron chi connectivity index (χ2n) is 6.02. The fourth-order valence-electron chi connectivity index (χ4n) is 2.64. The summed E-state index contributed by atoms with van der Waals surface area (Å²) >= 11 is 0. The van der Waals surface area contributed by atoms with Crippen molar-refractivity contribution >= 4 is 5.91 Å². The molecule has 0 spiro atoms. The quantitative estimate of drug-likeness (QED) is 0.875. The third kappa shape index (κ3) is 4.00. The number of likely N-dealkylation sites (N-methyl/N-ethyl adjacent to an activating group) is 1. The van der Waals surface area contributed by atoms with Gasteiger partial charge < -0.3 is 10.2 Å². The van der Waals surface area contributed by atoms with E-state index in [0.29, 0.717) is 13.0 Å². The number of amides is 1. The third-order valence-corrected chi connectivity index (χ3v) is 3.93. The third-order valence-electron chi connectivity index (χ3n) is 3.93. The van der Waals surface area contributed by atoms with Gasteiger partial charge in [0.2, 0.25) is 12.3 Å². The molecule has 1 aliphatic carbocycles. The molecule has 0 heterocycles. The Morgan fingerprint density at radius 2 is 2.05 bits per heavy atom. The minimum absolute atomic E-state index is 0.173. The van der Waals surface area contributed by atoms with Gasteiger partial charge in [0, 0.05) is 18.4 Å². The number of hydrogen-bond donors (Lipinski definition) is 1. The van der Waals surface area contributed by atoms with Crippen molar-refractivity contribution in [3.63, 3.8) is 0 Å². The van der Waals surface area contributed by atoms with Crippen LogP contribution in [0, 0.1) is 18.8 Å². The lowest BCUT2D eigenvalue weighted by molar-refractivity contribution is -0.124. The number of halogens is 2. The molecule has 0 aliphatic heterocycles. The summed E-state index contributed by atoms with van der Waals surface area (Å²) in [5.74, 6) is -1.55. The van der Waals surface area contributed by atoms with Crippen molar-refractivity contribution in [3.05, 3.63) is 35.4 Å². The molecule has 0 saturated heterocycles. The fourth-order valence-corrected chi connectivity index (χ4v) is 2.64. The molecule has 1 unspecified atom stereocenters. The molecule has 116 valence electrons. The van der Waals surface area contributed by atoms with Crippen LogP contribution < -0.4 is 5.32 Å². The van der Waals surface area contributed by atoms with Crippen molar-refractivity contribution in [3.8, 4) is 0 Å². The average Bonchev–Trinajstić information content (AvgIpc) is 3.18. The maximum atomic E-state index is 12.6. The summed E-state index contributed by atoms with van der Waals surface area (Å²) in [6.07, 6.45) is -2.10. The highest BCUT2D eigenvalue weighted by atomic mass is 19.3. The molecule has 1 aromatic carbocycles. The summed E-state index contributed by atoms with van der Waals surface area (Å²) in [4.78, 5) is 14.1. The predicted octanol–water partition coefficient (Wildman–Crippen LogP) is 2.62. The van der Waals surface area contributed by atoms with E-state index in [4.69, 9.17) is 0 Å². The number of nitrogens with zero attached hydrogens (tertiary/aromatic N) is 1. The van der Waals surface area contributed by atoms with Crippen molar-refractivity contribution in [1.29, 1.82) is 0 Å². The molecule has 0 bridgehead atoms. The smallest absolute Gasteiger partial charge is 0.242 e. The number of benzene rings is 1. The molecular formula is C16H22F2N2O. The average molecular weight is 296 g/mol. The fraction of sp³-hybridized carbons (Fsp3) is 0.562. The van der Waals surface area contributed by atoms with Crippen LogP contribution in [0.4, 0.5) is 8.78 Å². The summed E-state index contributed by atoms with van der Waals surface area (Å²) in [6.45, 7) is 2.63. The number of carbonyl (C=O) groups excluding carboxylic acids is 1. The Hall–Kier alpha value is -1.49. The molecule has 5 heteroatoms. The van der Waals surface area contributed by atoms with E-state index in [0.717, 1.165) is 11.1 Å². The van der Waals surface area contributed by atoms with Crippen LogP contribution in [0.15, 0.2) is 24.3 Å². The van der Waals surface area contributed by atoms with Crippen LogP contribution in [-0.4, -0.2) is 37.9 Å². The summed E-state index contributed by atoms with van der Waals surface area (Å²) in [5.41, 5.74) is 2.12. The highest BCUT2D eigenvalue weighted by Crippen LogP contribution is 2.43. The monoisotopic (exact) mass is 296 g/mol. The second kappa shape index (κ2) is 6.52. The largest absolute Gasteiger partial charge is 0.348 e. The van der Waals surface area contributed by atoms with E-state index in [2.05, 4.69) is 5.32 Å². The van der Waals surface area contributed by atoms with E-state index in [1.807, 2.05) is 50.2 Å². The molecule has 1 aromatic rings. The van der Waals surface area contributed by atoms with E-state index in [9.17, 15) is 13.6 Å². The molecule has 2 rings (SSSR count). The lowest BCUT2D eigenvalue weighted by Crippen LogP contribution is -2.37. The molecule has 1 aliphatic rings. The first kappa shape index (κ1) is 15.9. The number of rotatable bonds is 6. The molecular weight excluding hydrogens is 274 g/mol. The number of aryl methyl sites for hydroxylation is 1. The van der Waals surface area contributed by atoms with E-state index >= 15 is 0 Å². The van der Waals surface area contributed by atoms with Gasteiger partial charge in [0.25, 0.3) is 0 Å². The summed E-state index contributed by atoms with van der Waals surface area (Å²) in [6, 6.07) is 7.66. The standard InChI is InChI=1S/C16H22F2N2O/c1-10-6-4-5-7-11(10)14(9-20(2)3)19-16(21)13-8-12(13)15(17)18/h4-7,12-15H,8-9H2,1-3H3,(H,19,21)/t12-,13-,14?/m0/s1. The van der Waals surface area contributed by atoms with Gasteiger partial charge in [-0.15, -0.1) is 0 Å². The van der Waals surface area contributed by atoms with Crippen LogP contribution >= 0.6 is 0 Å². The molecule has 21 heavy (non-hydrogen) atoms. The van der Waals surface area contributed by atoms with E-state index < -0.39 is 18.3 Å². The predicted molar refractivity (Wildman–Crippen MR) is 78.2 cm³/mol. The number of nitrogens with one attached hydrogen (secondary N) is 1. The molecule has 1 amide bonds. The first-order valence-electron chi connectivity index (χ1n) is 7.19. The lowest BCUT2D eigenvalue weighted by atomic mass is 10.0. The van der Waals surface area contributed by atoms with Gasteiger partial charge >= 0.3 is 0 Å². The Morgan fingerprint density at radius 3 is 2.57 bits per heavy atom. The second-order valence-corrected chi connectivity index (χ2v) is 6.02. The van der Waals surface area contributed by atoms with Crippen molar-refractivity contribution in [2.75, 3.05) is 20.6 Å². The maximum absolute atomic E-state index is 12.6. The Morgan fingerprint density at radius 1 is 1.38 bits per heavy atom. The van der Waals surface area contributed by atoms with Crippen molar-refractivity contribution in [1.82, 2.24) is 10.2 Å². The van der Waals surface area contributed by atoms with Crippen LogP contribution in [0.3, 0.4) is 0 Å². The molecule has 0 aromatic heterocycles.